The fraction of sp³-hybridized carbons (Fsp3) is 0.462. The van der Waals surface area contributed by atoms with Crippen LogP contribution in [0.25, 0.3) is 0 Å². The number of hydrogen-bond acceptors (Lipinski definition) is 3. The van der Waals surface area contributed by atoms with Gasteiger partial charge in [0.2, 0.25) is 0 Å². The van der Waals surface area contributed by atoms with Crippen molar-refractivity contribution in [1.29, 1.82) is 0 Å². The van der Waals surface area contributed by atoms with Gasteiger partial charge < -0.3 is 15.4 Å². The number of nitrogens with one attached hydrogen (secondary N) is 2. The number of halogens is 1. The fourth-order valence-corrected chi connectivity index (χ4v) is 1.47. The molecular weight excluding hydrogens is 252 g/mol. The number of hydrogen-bond donors (Lipinski definition) is 2. The van der Waals surface area contributed by atoms with Crippen LogP contribution in [-0.4, -0.2) is 32.1 Å². The van der Waals surface area contributed by atoms with Crippen molar-refractivity contribution in [3.8, 4) is 5.75 Å². The molecule has 1 rings (SSSR count). The van der Waals surface area contributed by atoms with Crippen molar-refractivity contribution < 1.29 is 9.53 Å². The molecule has 0 bridgehead atoms. The van der Waals surface area contributed by atoms with Gasteiger partial charge >= 0.3 is 0 Å². The summed E-state index contributed by atoms with van der Waals surface area (Å²) >= 11 is 5.74. The Kier molecular flexibility index (Phi) is 7.22. The van der Waals surface area contributed by atoms with Crippen LogP contribution < -0.4 is 15.4 Å². The molecule has 100 valence electrons. The molecule has 0 fully saturated rings. The van der Waals surface area contributed by atoms with E-state index in [0.717, 1.165) is 19.5 Å². The van der Waals surface area contributed by atoms with Crippen LogP contribution in [0.1, 0.15) is 13.3 Å². The lowest BCUT2D eigenvalue weighted by molar-refractivity contribution is -0.123. The van der Waals surface area contributed by atoms with Crippen LogP contribution in [0.3, 0.4) is 0 Å². The van der Waals surface area contributed by atoms with E-state index in [2.05, 4.69) is 17.6 Å². The maximum atomic E-state index is 11.4. The lowest BCUT2D eigenvalue weighted by atomic mass is 10.3. The van der Waals surface area contributed by atoms with Crippen molar-refractivity contribution in [3.05, 3.63) is 29.3 Å². The third kappa shape index (κ3) is 6.47. The van der Waals surface area contributed by atoms with Crippen LogP contribution in [0.5, 0.6) is 5.75 Å². The summed E-state index contributed by atoms with van der Waals surface area (Å²) in [5.41, 5.74) is 0. The minimum atomic E-state index is -0.110. The number of rotatable bonds is 8. The third-order valence-electron chi connectivity index (χ3n) is 2.29. The van der Waals surface area contributed by atoms with Crippen molar-refractivity contribution >= 4 is 17.5 Å². The highest BCUT2D eigenvalue weighted by molar-refractivity contribution is 6.30. The van der Waals surface area contributed by atoms with E-state index in [9.17, 15) is 4.79 Å². The highest BCUT2D eigenvalue weighted by Gasteiger charge is 2.01. The summed E-state index contributed by atoms with van der Waals surface area (Å²) in [5, 5.41) is 6.63. The zero-order chi connectivity index (χ0) is 13.2. The van der Waals surface area contributed by atoms with Crippen LogP contribution in [0, 0.1) is 0 Å². The normalized spacial score (nSPS) is 10.1. The Balaban J connectivity index is 2.11. The quantitative estimate of drug-likeness (QED) is 0.709. The first kappa shape index (κ1) is 14.8. The van der Waals surface area contributed by atoms with Gasteiger partial charge in [-0.2, -0.15) is 0 Å². The van der Waals surface area contributed by atoms with Crippen LogP contribution in [0.15, 0.2) is 24.3 Å². The average Bonchev–Trinajstić information content (AvgIpc) is 2.38. The van der Waals surface area contributed by atoms with Gasteiger partial charge in [0.25, 0.3) is 5.91 Å². The average molecular weight is 271 g/mol. The molecule has 4 nitrogen and oxygen atoms in total. The molecule has 1 amide bonds. The lowest BCUT2D eigenvalue weighted by Gasteiger charge is -2.07. The van der Waals surface area contributed by atoms with E-state index in [-0.39, 0.29) is 12.5 Å². The molecular formula is C13H19ClN2O2. The molecule has 0 saturated heterocycles. The van der Waals surface area contributed by atoms with E-state index in [1.54, 1.807) is 24.3 Å². The minimum absolute atomic E-state index is 0.0306. The van der Waals surface area contributed by atoms with Crippen LogP contribution in [0.4, 0.5) is 0 Å². The molecule has 0 unspecified atom stereocenters. The summed E-state index contributed by atoms with van der Waals surface area (Å²) < 4.78 is 5.31. The number of ether oxygens (including phenoxy) is 1. The van der Waals surface area contributed by atoms with Gasteiger partial charge in [0.1, 0.15) is 5.75 Å². The van der Waals surface area contributed by atoms with Gasteiger partial charge in [0.15, 0.2) is 6.61 Å². The number of carbonyl (C=O) groups excluding carboxylic acids is 1. The minimum Gasteiger partial charge on any atom is -0.484 e. The van der Waals surface area contributed by atoms with Crippen molar-refractivity contribution in [2.24, 2.45) is 0 Å². The predicted octanol–water partition coefficient (Wildman–Crippen LogP) is 1.83. The Morgan fingerprint density at radius 1 is 1.28 bits per heavy atom. The molecule has 0 heterocycles. The zero-order valence-corrected chi connectivity index (χ0v) is 11.3. The summed E-state index contributed by atoms with van der Waals surface area (Å²) in [5.74, 6) is 0.531. The molecule has 0 aliphatic carbocycles. The highest BCUT2D eigenvalue weighted by atomic mass is 35.5. The van der Waals surface area contributed by atoms with Crippen LogP contribution in [-0.2, 0) is 4.79 Å². The lowest BCUT2D eigenvalue weighted by Crippen LogP contribution is -2.31. The standard InChI is InChI=1S/C13H19ClN2O2/c1-2-15-8-3-9-16-13(17)10-18-12-6-4-11(14)5-7-12/h4-7,15H,2-3,8-10H2,1H3,(H,16,17). The van der Waals surface area contributed by atoms with E-state index >= 15 is 0 Å². The fourth-order valence-electron chi connectivity index (χ4n) is 1.35. The molecule has 0 atom stereocenters. The number of carbonyl (C=O) groups is 1. The zero-order valence-electron chi connectivity index (χ0n) is 10.5. The van der Waals surface area contributed by atoms with Crippen LogP contribution >= 0.6 is 11.6 Å². The van der Waals surface area contributed by atoms with E-state index in [4.69, 9.17) is 16.3 Å². The van der Waals surface area contributed by atoms with Crippen molar-refractivity contribution in [2.45, 2.75) is 13.3 Å². The van der Waals surface area contributed by atoms with Crippen molar-refractivity contribution in [2.75, 3.05) is 26.2 Å². The smallest absolute Gasteiger partial charge is 0.257 e. The summed E-state index contributed by atoms with van der Waals surface area (Å²) in [6, 6.07) is 6.93. The molecule has 0 aliphatic heterocycles. The van der Waals surface area contributed by atoms with Crippen molar-refractivity contribution in [1.82, 2.24) is 10.6 Å². The first-order valence-electron chi connectivity index (χ1n) is 6.08. The van der Waals surface area contributed by atoms with Gasteiger partial charge in [0, 0.05) is 11.6 Å². The monoisotopic (exact) mass is 270 g/mol. The highest BCUT2D eigenvalue weighted by Crippen LogP contribution is 2.15. The molecule has 2 N–H and O–H groups in total. The topological polar surface area (TPSA) is 50.4 Å². The summed E-state index contributed by atoms with van der Waals surface area (Å²) in [6.07, 6.45) is 0.917. The second-order valence-corrected chi connectivity index (χ2v) is 4.24. The van der Waals surface area contributed by atoms with Gasteiger partial charge in [-0.05, 0) is 43.8 Å². The summed E-state index contributed by atoms with van der Waals surface area (Å²) in [7, 11) is 0. The Labute approximate surface area is 113 Å². The second-order valence-electron chi connectivity index (χ2n) is 3.80. The van der Waals surface area contributed by atoms with Gasteiger partial charge in [-0.1, -0.05) is 18.5 Å². The van der Waals surface area contributed by atoms with Gasteiger partial charge in [-0.25, -0.2) is 0 Å². The first-order valence-corrected chi connectivity index (χ1v) is 6.46. The third-order valence-corrected chi connectivity index (χ3v) is 2.54. The Bertz CT molecular complexity index is 355. The molecule has 0 saturated carbocycles. The van der Waals surface area contributed by atoms with Gasteiger partial charge in [0.05, 0.1) is 0 Å². The molecule has 0 aromatic heterocycles. The molecule has 0 spiro atoms. The van der Waals surface area contributed by atoms with E-state index in [1.165, 1.54) is 0 Å². The largest absolute Gasteiger partial charge is 0.484 e. The van der Waals surface area contributed by atoms with Gasteiger partial charge in [-0.15, -0.1) is 0 Å². The first-order chi connectivity index (χ1) is 8.72. The number of amides is 1. The second kappa shape index (κ2) is 8.78. The van der Waals surface area contributed by atoms with Gasteiger partial charge in [-0.3, -0.25) is 4.79 Å². The van der Waals surface area contributed by atoms with Crippen molar-refractivity contribution in [3.63, 3.8) is 0 Å². The molecule has 0 aliphatic rings. The summed E-state index contributed by atoms with van der Waals surface area (Å²) in [4.78, 5) is 11.4. The van der Waals surface area contributed by atoms with E-state index in [0.29, 0.717) is 17.3 Å². The molecule has 0 radical (unpaired) electrons. The Morgan fingerprint density at radius 3 is 2.67 bits per heavy atom. The molecule has 18 heavy (non-hydrogen) atoms. The maximum Gasteiger partial charge on any atom is 0.257 e. The van der Waals surface area contributed by atoms with E-state index < -0.39 is 0 Å². The van der Waals surface area contributed by atoms with E-state index in [1.807, 2.05) is 0 Å². The number of benzene rings is 1. The Hall–Kier alpha value is -1.26. The maximum absolute atomic E-state index is 11.4. The molecule has 5 heteroatoms. The van der Waals surface area contributed by atoms with Crippen LogP contribution in [0.2, 0.25) is 5.02 Å². The predicted molar refractivity (Wildman–Crippen MR) is 73.1 cm³/mol. The summed E-state index contributed by atoms with van der Waals surface area (Å²) in [6.45, 7) is 4.61. The SMILES string of the molecule is CCNCCCNC(=O)COc1ccc(Cl)cc1. The molecule has 1 aromatic carbocycles. The Morgan fingerprint density at radius 2 is 2.00 bits per heavy atom. The molecule has 1 aromatic rings.